The van der Waals surface area contributed by atoms with E-state index in [0.29, 0.717) is 10.6 Å². The minimum atomic E-state index is -0.459. The van der Waals surface area contributed by atoms with E-state index in [4.69, 9.17) is 27.9 Å². The van der Waals surface area contributed by atoms with Crippen molar-refractivity contribution in [2.24, 2.45) is 0 Å². The van der Waals surface area contributed by atoms with Crippen LogP contribution < -0.4 is 0 Å². The van der Waals surface area contributed by atoms with Crippen LogP contribution in [-0.2, 0) is 11.3 Å². The predicted octanol–water partition coefficient (Wildman–Crippen LogP) is 3.75. The second kappa shape index (κ2) is 5.85. The zero-order chi connectivity index (χ0) is 13.0. The number of benzene rings is 1. The highest BCUT2D eigenvalue weighted by molar-refractivity contribution is 6.31. The van der Waals surface area contributed by atoms with Crippen molar-refractivity contribution in [3.8, 4) is 0 Å². The summed E-state index contributed by atoms with van der Waals surface area (Å²) in [6.07, 6.45) is 1.45. The van der Waals surface area contributed by atoms with Crippen LogP contribution in [0, 0.1) is 0 Å². The molecule has 1 aromatic carbocycles. The molecule has 0 aliphatic rings. The van der Waals surface area contributed by atoms with Crippen LogP contribution in [0.15, 0.2) is 42.6 Å². The Labute approximate surface area is 114 Å². The molecular formula is C13H9Cl2NO2. The molecule has 0 saturated heterocycles. The minimum absolute atomic E-state index is 0.123. The molecule has 0 saturated carbocycles. The highest BCUT2D eigenvalue weighted by Gasteiger charge is 2.09. The van der Waals surface area contributed by atoms with Gasteiger partial charge in [0.1, 0.15) is 11.8 Å². The molecule has 5 heteroatoms. The lowest BCUT2D eigenvalue weighted by atomic mass is 10.2. The van der Waals surface area contributed by atoms with Gasteiger partial charge in [-0.2, -0.15) is 0 Å². The molecular weight excluding hydrogens is 273 g/mol. The molecule has 0 atom stereocenters. The summed E-state index contributed by atoms with van der Waals surface area (Å²) in [5.41, 5.74) is 1.12. The van der Waals surface area contributed by atoms with Crippen LogP contribution in [0.2, 0.25) is 10.2 Å². The first-order chi connectivity index (χ1) is 8.66. The number of halogens is 2. The maximum Gasteiger partial charge on any atom is 0.338 e. The number of esters is 1. The summed E-state index contributed by atoms with van der Waals surface area (Å²) in [4.78, 5) is 15.5. The second-order valence-electron chi connectivity index (χ2n) is 3.53. The second-order valence-corrected chi connectivity index (χ2v) is 4.33. The Kier molecular flexibility index (Phi) is 4.18. The van der Waals surface area contributed by atoms with E-state index in [2.05, 4.69) is 4.98 Å². The molecule has 2 aromatic rings. The largest absolute Gasteiger partial charge is 0.457 e. The monoisotopic (exact) mass is 281 g/mol. The van der Waals surface area contributed by atoms with Gasteiger partial charge in [-0.25, -0.2) is 9.78 Å². The molecule has 92 valence electrons. The van der Waals surface area contributed by atoms with Crippen LogP contribution in [0.4, 0.5) is 0 Å². The van der Waals surface area contributed by atoms with Crippen LogP contribution in [0.3, 0.4) is 0 Å². The minimum Gasteiger partial charge on any atom is -0.457 e. The van der Waals surface area contributed by atoms with Crippen LogP contribution >= 0.6 is 23.2 Å². The number of hydrogen-bond acceptors (Lipinski definition) is 3. The topological polar surface area (TPSA) is 39.2 Å². The third-order valence-electron chi connectivity index (χ3n) is 2.28. The van der Waals surface area contributed by atoms with Crippen molar-refractivity contribution in [2.45, 2.75) is 6.61 Å². The molecule has 0 aliphatic carbocycles. The summed E-state index contributed by atoms with van der Waals surface area (Å²) in [6.45, 7) is 0.123. The van der Waals surface area contributed by atoms with Gasteiger partial charge in [0.15, 0.2) is 0 Å². The van der Waals surface area contributed by atoms with Crippen LogP contribution in [0.5, 0.6) is 0 Å². The van der Waals surface area contributed by atoms with E-state index in [-0.39, 0.29) is 11.8 Å². The number of rotatable bonds is 3. The number of carbonyl (C=O) groups excluding carboxylic acids is 1. The summed E-state index contributed by atoms with van der Waals surface area (Å²) < 4.78 is 5.14. The lowest BCUT2D eigenvalue weighted by Crippen LogP contribution is -2.05. The molecule has 1 heterocycles. The van der Waals surface area contributed by atoms with Gasteiger partial charge in [0, 0.05) is 16.8 Å². The molecule has 18 heavy (non-hydrogen) atoms. The molecule has 0 amide bonds. The molecule has 3 nitrogen and oxygen atoms in total. The summed E-state index contributed by atoms with van der Waals surface area (Å²) in [5, 5.41) is 0.820. The van der Waals surface area contributed by atoms with E-state index >= 15 is 0 Å². The van der Waals surface area contributed by atoms with Crippen molar-refractivity contribution in [1.29, 1.82) is 0 Å². The van der Waals surface area contributed by atoms with Gasteiger partial charge in [0.2, 0.25) is 0 Å². The standard InChI is InChI=1S/C13H9Cl2NO2/c14-11-4-2-1-3-10(11)8-18-13(17)9-5-6-16-12(15)7-9/h1-7H,8H2. The fourth-order valence-electron chi connectivity index (χ4n) is 1.37. The van der Waals surface area contributed by atoms with E-state index in [0.717, 1.165) is 5.56 Å². The van der Waals surface area contributed by atoms with E-state index in [1.165, 1.54) is 12.3 Å². The quantitative estimate of drug-likeness (QED) is 0.635. The lowest BCUT2D eigenvalue weighted by molar-refractivity contribution is 0.0472. The Hall–Kier alpha value is -1.58. The highest BCUT2D eigenvalue weighted by Crippen LogP contribution is 2.16. The van der Waals surface area contributed by atoms with Crippen molar-refractivity contribution >= 4 is 29.2 Å². The fourth-order valence-corrected chi connectivity index (χ4v) is 1.74. The summed E-state index contributed by atoms with van der Waals surface area (Å²) in [6, 6.07) is 10.2. The average molecular weight is 282 g/mol. The number of nitrogens with zero attached hydrogens (tertiary/aromatic N) is 1. The molecule has 0 bridgehead atoms. The van der Waals surface area contributed by atoms with E-state index in [1.54, 1.807) is 18.2 Å². The Bertz CT molecular complexity index is 572. The zero-order valence-electron chi connectivity index (χ0n) is 9.27. The van der Waals surface area contributed by atoms with Crippen molar-refractivity contribution < 1.29 is 9.53 Å². The van der Waals surface area contributed by atoms with Crippen LogP contribution in [-0.4, -0.2) is 11.0 Å². The Morgan fingerprint density at radius 1 is 1.22 bits per heavy atom. The molecule has 1 aromatic heterocycles. The number of hydrogen-bond donors (Lipinski definition) is 0. The van der Waals surface area contributed by atoms with Crippen molar-refractivity contribution in [1.82, 2.24) is 4.98 Å². The SMILES string of the molecule is O=C(OCc1ccccc1Cl)c1ccnc(Cl)c1. The van der Waals surface area contributed by atoms with Gasteiger partial charge in [-0.15, -0.1) is 0 Å². The molecule has 0 aliphatic heterocycles. The number of carbonyl (C=O) groups is 1. The van der Waals surface area contributed by atoms with Crippen LogP contribution in [0.25, 0.3) is 0 Å². The van der Waals surface area contributed by atoms with Crippen LogP contribution in [0.1, 0.15) is 15.9 Å². The smallest absolute Gasteiger partial charge is 0.338 e. The maximum absolute atomic E-state index is 11.7. The molecule has 0 radical (unpaired) electrons. The normalized spacial score (nSPS) is 10.1. The molecule has 0 unspecified atom stereocenters. The van der Waals surface area contributed by atoms with Crippen molar-refractivity contribution in [3.05, 3.63) is 63.9 Å². The van der Waals surface area contributed by atoms with E-state index in [1.807, 2.05) is 12.1 Å². The van der Waals surface area contributed by atoms with Gasteiger partial charge in [0.25, 0.3) is 0 Å². The Balaban J connectivity index is 2.03. The summed E-state index contributed by atoms with van der Waals surface area (Å²) in [7, 11) is 0. The first-order valence-electron chi connectivity index (χ1n) is 5.19. The third-order valence-corrected chi connectivity index (χ3v) is 2.85. The lowest BCUT2D eigenvalue weighted by Gasteiger charge is -2.06. The first-order valence-corrected chi connectivity index (χ1v) is 5.94. The van der Waals surface area contributed by atoms with E-state index < -0.39 is 5.97 Å². The van der Waals surface area contributed by atoms with Gasteiger partial charge < -0.3 is 4.74 Å². The molecule has 0 N–H and O–H groups in total. The third kappa shape index (κ3) is 3.22. The zero-order valence-corrected chi connectivity index (χ0v) is 10.8. The van der Waals surface area contributed by atoms with Gasteiger partial charge in [-0.05, 0) is 18.2 Å². The summed E-state index contributed by atoms with van der Waals surface area (Å²) in [5.74, 6) is -0.459. The fraction of sp³-hybridized carbons (Fsp3) is 0.0769. The van der Waals surface area contributed by atoms with Gasteiger partial charge >= 0.3 is 5.97 Å². The van der Waals surface area contributed by atoms with Gasteiger partial charge in [0.05, 0.1) is 5.56 Å². The summed E-state index contributed by atoms with van der Waals surface area (Å²) >= 11 is 11.6. The molecule has 0 spiro atoms. The van der Waals surface area contributed by atoms with Gasteiger partial charge in [-0.1, -0.05) is 41.4 Å². The van der Waals surface area contributed by atoms with Crippen molar-refractivity contribution in [3.63, 3.8) is 0 Å². The molecule has 0 fully saturated rings. The number of ether oxygens (including phenoxy) is 1. The Morgan fingerprint density at radius 2 is 2.00 bits per heavy atom. The average Bonchev–Trinajstić information content (AvgIpc) is 2.37. The van der Waals surface area contributed by atoms with Gasteiger partial charge in [-0.3, -0.25) is 0 Å². The Morgan fingerprint density at radius 3 is 2.72 bits per heavy atom. The molecule has 2 rings (SSSR count). The van der Waals surface area contributed by atoms with E-state index in [9.17, 15) is 4.79 Å². The first kappa shape index (κ1) is 12.9. The van der Waals surface area contributed by atoms with Crippen molar-refractivity contribution in [2.75, 3.05) is 0 Å². The number of pyridine rings is 1. The highest BCUT2D eigenvalue weighted by atomic mass is 35.5. The maximum atomic E-state index is 11.7. The predicted molar refractivity (Wildman–Crippen MR) is 69.8 cm³/mol. The number of aromatic nitrogens is 1.